The van der Waals surface area contributed by atoms with Gasteiger partial charge < -0.3 is 9.47 Å². The van der Waals surface area contributed by atoms with Crippen molar-refractivity contribution in [1.82, 2.24) is 0 Å². The number of amides is 2. The topological polar surface area (TPSA) is 55.8 Å². The standard InChI is InChI=1S/C13H14BrNO4/c1-13(2,3)19-12(17)15-9-5-4-8(14)6-10(9)18-7-11(15)16/h4-6H,7H2,1-3H3. The molecule has 5 nitrogen and oxygen atoms in total. The smallest absolute Gasteiger partial charge is 0.421 e. The Morgan fingerprint density at radius 1 is 1.42 bits per heavy atom. The summed E-state index contributed by atoms with van der Waals surface area (Å²) in [6.07, 6.45) is -0.690. The maximum absolute atomic E-state index is 12.1. The van der Waals surface area contributed by atoms with Crippen LogP contribution in [0.5, 0.6) is 5.75 Å². The highest BCUT2D eigenvalue weighted by Crippen LogP contribution is 2.35. The molecule has 0 aromatic heterocycles. The number of carbonyl (C=O) groups is 2. The lowest BCUT2D eigenvalue weighted by molar-refractivity contribution is -0.121. The molecule has 0 fully saturated rings. The molecule has 0 bridgehead atoms. The Bertz CT molecular complexity index is 536. The van der Waals surface area contributed by atoms with Gasteiger partial charge in [0.2, 0.25) is 0 Å². The summed E-state index contributed by atoms with van der Waals surface area (Å²) < 4.78 is 11.3. The molecule has 0 radical (unpaired) electrons. The van der Waals surface area contributed by atoms with E-state index in [2.05, 4.69) is 15.9 Å². The summed E-state index contributed by atoms with van der Waals surface area (Å²) in [6, 6.07) is 5.08. The summed E-state index contributed by atoms with van der Waals surface area (Å²) >= 11 is 3.31. The van der Waals surface area contributed by atoms with E-state index in [4.69, 9.17) is 9.47 Å². The third-order valence-electron chi connectivity index (χ3n) is 2.34. The summed E-state index contributed by atoms with van der Waals surface area (Å²) in [5.41, 5.74) is -0.265. The Labute approximate surface area is 119 Å². The van der Waals surface area contributed by atoms with Gasteiger partial charge in [0.15, 0.2) is 6.61 Å². The molecule has 102 valence electrons. The fourth-order valence-electron chi connectivity index (χ4n) is 1.63. The maximum atomic E-state index is 12.1. The van der Waals surface area contributed by atoms with Crippen LogP contribution in [0.25, 0.3) is 0 Å². The highest BCUT2D eigenvalue weighted by atomic mass is 79.9. The molecule has 0 spiro atoms. The Morgan fingerprint density at radius 3 is 2.74 bits per heavy atom. The van der Waals surface area contributed by atoms with Gasteiger partial charge in [-0.15, -0.1) is 0 Å². The van der Waals surface area contributed by atoms with Gasteiger partial charge in [-0.2, -0.15) is 0 Å². The predicted molar refractivity (Wildman–Crippen MR) is 73.4 cm³/mol. The molecule has 0 N–H and O–H groups in total. The molecule has 0 aliphatic carbocycles. The van der Waals surface area contributed by atoms with E-state index in [1.165, 1.54) is 0 Å². The van der Waals surface area contributed by atoms with E-state index >= 15 is 0 Å². The second-order valence-electron chi connectivity index (χ2n) is 5.11. The summed E-state index contributed by atoms with van der Waals surface area (Å²) in [5.74, 6) is 0.0314. The van der Waals surface area contributed by atoms with Gasteiger partial charge in [0, 0.05) is 4.47 Å². The molecule has 1 aromatic carbocycles. The van der Waals surface area contributed by atoms with Crippen LogP contribution in [0.2, 0.25) is 0 Å². The molecular formula is C13H14BrNO4. The number of imide groups is 1. The molecule has 0 saturated heterocycles. The molecule has 1 aliphatic heterocycles. The third-order valence-corrected chi connectivity index (χ3v) is 2.83. The largest absolute Gasteiger partial charge is 0.481 e. The zero-order valence-corrected chi connectivity index (χ0v) is 12.5. The predicted octanol–water partition coefficient (Wildman–Crippen LogP) is 3.11. The first-order valence-electron chi connectivity index (χ1n) is 5.76. The molecule has 2 amide bonds. The van der Waals surface area contributed by atoms with Crippen molar-refractivity contribution in [1.29, 1.82) is 0 Å². The number of nitrogens with zero attached hydrogens (tertiary/aromatic N) is 1. The lowest BCUT2D eigenvalue weighted by Crippen LogP contribution is -2.45. The van der Waals surface area contributed by atoms with Crippen LogP contribution in [0.3, 0.4) is 0 Å². The van der Waals surface area contributed by atoms with E-state index in [0.29, 0.717) is 11.4 Å². The quantitative estimate of drug-likeness (QED) is 0.734. The first kappa shape index (κ1) is 13.9. The molecule has 1 aliphatic rings. The Kier molecular flexibility index (Phi) is 3.54. The van der Waals surface area contributed by atoms with Crippen LogP contribution < -0.4 is 9.64 Å². The maximum Gasteiger partial charge on any atom is 0.421 e. The van der Waals surface area contributed by atoms with Crippen LogP contribution in [-0.4, -0.2) is 24.2 Å². The normalized spacial score (nSPS) is 14.7. The molecule has 0 atom stereocenters. The van der Waals surface area contributed by atoms with Gasteiger partial charge in [0.05, 0.1) is 5.69 Å². The zero-order chi connectivity index (χ0) is 14.2. The van der Waals surface area contributed by atoms with Gasteiger partial charge in [-0.05, 0) is 39.0 Å². The first-order valence-corrected chi connectivity index (χ1v) is 6.55. The number of rotatable bonds is 0. The number of hydrogen-bond acceptors (Lipinski definition) is 4. The van der Waals surface area contributed by atoms with Crippen molar-refractivity contribution in [2.75, 3.05) is 11.5 Å². The molecule has 19 heavy (non-hydrogen) atoms. The highest BCUT2D eigenvalue weighted by molar-refractivity contribution is 9.10. The Hall–Kier alpha value is -1.56. The molecule has 0 unspecified atom stereocenters. The minimum absolute atomic E-state index is 0.178. The first-order chi connectivity index (χ1) is 8.78. The van der Waals surface area contributed by atoms with Crippen LogP contribution >= 0.6 is 15.9 Å². The van der Waals surface area contributed by atoms with E-state index in [9.17, 15) is 9.59 Å². The minimum Gasteiger partial charge on any atom is -0.481 e. The van der Waals surface area contributed by atoms with Crippen molar-refractivity contribution in [3.8, 4) is 5.75 Å². The number of benzene rings is 1. The molecule has 0 saturated carbocycles. The zero-order valence-electron chi connectivity index (χ0n) is 10.9. The number of fused-ring (bicyclic) bond motifs is 1. The van der Waals surface area contributed by atoms with E-state index in [0.717, 1.165) is 9.37 Å². The van der Waals surface area contributed by atoms with Crippen molar-refractivity contribution < 1.29 is 19.1 Å². The second-order valence-corrected chi connectivity index (χ2v) is 6.03. The van der Waals surface area contributed by atoms with Crippen molar-refractivity contribution >= 4 is 33.6 Å². The average Bonchev–Trinajstić information content (AvgIpc) is 2.26. The van der Waals surface area contributed by atoms with Gasteiger partial charge in [0.25, 0.3) is 5.91 Å². The van der Waals surface area contributed by atoms with E-state index in [1.54, 1.807) is 39.0 Å². The van der Waals surface area contributed by atoms with E-state index in [1.807, 2.05) is 0 Å². The summed E-state index contributed by atoms with van der Waals surface area (Å²) in [4.78, 5) is 25.0. The SMILES string of the molecule is CC(C)(C)OC(=O)N1C(=O)COc2cc(Br)ccc21. The van der Waals surface area contributed by atoms with Gasteiger partial charge in [-0.1, -0.05) is 15.9 Å². The minimum atomic E-state index is -0.690. The fraction of sp³-hybridized carbons (Fsp3) is 0.385. The van der Waals surface area contributed by atoms with E-state index < -0.39 is 17.6 Å². The van der Waals surface area contributed by atoms with Crippen molar-refractivity contribution in [3.05, 3.63) is 22.7 Å². The second kappa shape index (κ2) is 4.85. The molecule has 2 rings (SSSR count). The number of anilines is 1. The van der Waals surface area contributed by atoms with Crippen LogP contribution in [-0.2, 0) is 9.53 Å². The lowest BCUT2D eigenvalue weighted by atomic mass is 10.2. The number of hydrogen-bond donors (Lipinski definition) is 0. The fourth-order valence-corrected chi connectivity index (χ4v) is 1.97. The third kappa shape index (κ3) is 3.07. The van der Waals surface area contributed by atoms with Crippen LogP contribution in [0, 0.1) is 0 Å². The Balaban J connectivity index is 2.35. The van der Waals surface area contributed by atoms with Gasteiger partial charge >= 0.3 is 6.09 Å². The lowest BCUT2D eigenvalue weighted by Gasteiger charge is -2.30. The number of carbonyl (C=O) groups excluding carboxylic acids is 2. The molecular weight excluding hydrogens is 314 g/mol. The van der Waals surface area contributed by atoms with Crippen LogP contribution in [0.4, 0.5) is 10.5 Å². The molecule has 6 heteroatoms. The van der Waals surface area contributed by atoms with Gasteiger partial charge in [0.1, 0.15) is 11.4 Å². The van der Waals surface area contributed by atoms with E-state index in [-0.39, 0.29) is 6.61 Å². The van der Waals surface area contributed by atoms with Gasteiger partial charge in [-0.25, -0.2) is 9.69 Å². The van der Waals surface area contributed by atoms with Crippen molar-refractivity contribution in [3.63, 3.8) is 0 Å². The van der Waals surface area contributed by atoms with Gasteiger partial charge in [-0.3, -0.25) is 4.79 Å². The Morgan fingerprint density at radius 2 is 2.11 bits per heavy atom. The summed E-state index contributed by atoms with van der Waals surface area (Å²) in [5, 5.41) is 0. The number of halogens is 1. The van der Waals surface area contributed by atoms with Crippen LogP contribution in [0.15, 0.2) is 22.7 Å². The summed E-state index contributed by atoms with van der Waals surface area (Å²) in [7, 11) is 0. The van der Waals surface area contributed by atoms with Crippen molar-refractivity contribution in [2.45, 2.75) is 26.4 Å². The average molecular weight is 328 g/mol. The summed E-state index contributed by atoms with van der Waals surface area (Å²) in [6.45, 7) is 5.07. The molecule has 1 heterocycles. The van der Waals surface area contributed by atoms with Crippen LogP contribution in [0.1, 0.15) is 20.8 Å². The monoisotopic (exact) mass is 327 g/mol. The molecule has 1 aromatic rings. The highest BCUT2D eigenvalue weighted by Gasteiger charge is 2.34. The van der Waals surface area contributed by atoms with Crippen molar-refractivity contribution in [2.24, 2.45) is 0 Å². The number of ether oxygens (including phenoxy) is 2.